The molecule has 0 N–H and O–H groups in total. The van der Waals surface area contributed by atoms with Crippen molar-refractivity contribution in [3.63, 3.8) is 0 Å². The van der Waals surface area contributed by atoms with Gasteiger partial charge in [0, 0.05) is 0 Å². The fourth-order valence-corrected chi connectivity index (χ4v) is 2.47. The smallest absolute Gasteiger partial charge is 0.0162 e. The van der Waals surface area contributed by atoms with Crippen molar-refractivity contribution in [2.75, 3.05) is 0 Å². The SMILES string of the molecule is C.CCC1C=CCC2C=CCC12. The highest BCUT2D eigenvalue weighted by molar-refractivity contribution is 5.11. The van der Waals surface area contributed by atoms with Crippen LogP contribution in [0.1, 0.15) is 33.6 Å². The molecule has 0 amide bonds. The zero-order chi connectivity index (χ0) is 7.68. The number of fused-ring (bicyclic) bond motifs is 1. The van der Waals surface area contributed by atoms with Gasteiger partial charge in [-0.2, -0.15) is 0 Å². The number of hydrogen-bond acceptors (Lipinski definition) is 0. The van der Waals surface area contributed by atoms with E-state index in [0.717, 1.165) is 17.8 Å². The second-order valence-electron chi connectivity index (χ2n) is 3.73. The maximum atomic E-state index is 2.42. The van der Waals surface area contributed by atoms with Crippen molar-refractivity contribution in [1.29, 1.82) is 0 Å². The van der Waals surface area contributed by atoms with Crippen LogP contribution in [0.5, 0.6) is 0 Å². The molecule has 2 aliphatic carbocycles. The Kier molecular flexibility index (Phi) is 3.13. The molecule has 0 heteroatoms. The average Bonchev–Trinajstić information content (AvgIpc) is 2.50. The van der Waals surface area contributed by atoms with Crippen LogP contribution in [-0.2, 0) is 0 Å². The molecular weight excluding hydrogens is 144 g/mol. The van der Waals surface area contributed by atoms with Gasteiger partial charge < -0.3 is 0 Å². The minimum atomic E-state index is 0. The third-order valence-corrected chi connectivity index (χ3v) is 3.15. The molecule has 0 saturated heterocycles. The van der Waals surface area contributed by atoms with Crippen LogP contribution in [0, 0.1) is 17.8 Å². The maximum Gasteiger partial charge on any atom is -0.0162 e. The Bertz CT molecular complexity index is 188. The van der Waals surface area contributed by atoms with Crippen molar-refractivity contribution < 1.29 is 0 Å². The standard InChI is InChI=1S/C11H16.CH4/c1-2-9-5-3-6-10-7-4-8-11(9)10;/h3-5,7,9-11H,2,6,8H2,1H3;1H4. The Morgan fingerprint density at radius 1 is 1.17 bits per heavy atom. The van der Waals surface area contributed by atoms with Crippen LogP contribution >= 0.6 is 0 Å². The Balaban J connectivity index is 0.000000720. The summed E-state index contributed by atoms with van der Waals surface area (Å²) in [4.78, 5) is 0. The van der Waals surface area contributed by atoms with Crippen molar-refractivity contribution in [3.8, 4) is 0 Å². The molecule has 68 valence electrons. The van der Waals surface area contributed by atoms with E-state index in [1.165, 1.54) is 19.3 Å². The van der Waals surface area contributed by atoms with Gasteiger partial charge in [0.15, 0.2) is 0 Å². The minimum Gasteiger partial charge on any atom is -0.0879 e. The topological polar surface area (TPSA) is 0 Å². The quantitative estimate of drug-likeness (QED) is 0.517. The summed E-state index contributed by atoms with van der Waals surface area (Å²) in [6.07, 6.45) is 13.5. The molecule has 0 fully saturated rings. The molecule has 0 aromatic rings. The van der Waals surface area contributed by atoms with Crippen LogP contribution in [0.15, 0.2) is 24.3 Å². The fraction of sp³-hybridized carbons (Fsp3) is 0.667. The van der Waals surface area contributed by atoms with E-state index in [0.29, 0.717) is 0 Å². The van der Waals surface area contributed by atoms with E-state index in [1.807, 2.05) is 0 Å². The van der Waals surface area contributed by atoms with Crippen molar-refractivity contribution in [3.05, 3.63) is 24.3 Å². The lowest BCUT2D eigenvalue weighted by atomic mass is 9.76. The van der Waals surface area contributed by atoms with Gasteiger partial charge in [-0.25, -0.2) is 0 Å². The lowest BCUT2D eigenvalue weighted by molar-refractivity contribution is 0.305. The van der Waals surface area contributed by atoms with Crippen molar-refractivity contribution in [1.82, 2.24) is 0 Å². The van der Waals surface area contributed by atoms with Crippen molar-refractivity contribution >= 4 is 0 Å². The molecule has 0 aliphatic heterocycles. The number of allylic oxidation sites excluding steroid dienone is 4. The van der Waals surface area contributed by atoms with Crippen molar-refractivity contribution in [2.24, 2.45) is 17.8 Å². The van der Waals surface area contributed by atoms with Crippen LogP contribution in [0.25, 0.3) is 0 Å². The molecule has 0 heterocycles. The molecule has 0 aromatic heterocycles. The van der Waals surface area contributed by atoms with Crippen LogP contribution < -0.4 is 0 Å². The predicted octanol–water partition coefficient (Wildman–Crippen LogP) is 3.80. The van der Waals surface area contributed by atoms with Gasteiger partial charge in [0.2, 0.25) is 0 Å². The Morgan fingerprint density at radius 2 is 1.92 bits per heavy atom. The number of hydrogen-bond donors (Lipinski definition) is 0. The lowest BCUT2D eigenvalue weighted by Crippen LogP contribution is -2.20. The highest BCUT2D eigenvalue weighted by atomic mass is 14.3. The summed E-state index contributed by atoms with van der Waals surface area (Å²) in [5.41, 5.74) is 0. The van der Waals surface area contributed by atoms with Crippen LogP contribution in [0.3, 0.4) is 0 Å². The zero-order valence-electron chi connectivity index (χ0n) is 7.16. The van der Waals surface area contributed by atoms with E-state index in [9.17, 15) is 0 Å². The van der Waals surface area contributed by atoms with Gasteiger partial charge in [0.1, 0.15) is 0 Å². The van der Waals surface area contributed by atoms with Gasteiger partial charge in [0.05, 0.1) is 0 Å². The van der Waals surface area contributed by atoms with E-state index in [4.69, 9.17) is 0 Å². The molecule has 12 heavy (non-hydrogen) atoms. The first-order chi connectivity index (χ1) is 5.42. The van der Waals surface area contributed by atoms with E-state index < -0.39 is 0 Å². The van der Waals surface area contributed by atoms with Crippen LogP contribution in [0.4, 0.5) is 0 Å². The summed E-state index contributed by atoms with van der Waals surface area (Å²) in [5.74, 6) is 2.69. The third kappa shape index (κ3) is 1.48. The molecule has 3 atom stereocenters. The fourth-order valence-electron chi connectivity index (χ4n) is 2.47. The van der Waals surface area contributed by atoms with E-state index in [2.05, 4.69) is 31.2 Å². The highest BCUT2D eigenvalue weighted by Crippen LogP contribution is 2.39. The van der Waals surface area contributed by atoms with E-state index in [1.54, 1.807) is 0 Å². The van der Waals surface area contributed by atoms with Gasteiger partial charge >= 0.3 is 0 Å². The molecule has 0 bridgehead atoms. The second-order valence-corrected chi connectivity index (χ2v) is 3.73. The Labute approximate surface area is 76.4 Å². The third-order valence-electron chi connectivity index (χ3n) is 3.15. The van der Waals surface area contributed by atoms with Gasteiger partial charge in [-0.3, -0.25) is 0 Å². The maximum absolute atomic E-state index is 2.42. The first-order valence-electron chi connectivity index (χ1n) is 4.75. The summed E-state index contributed by atoms with van der Waals surface area (Å²) in [5, 5.41) is 0. The summed E-state index contributed by atoms with van der Waals surface area (Å²) in [6, 6.07) is 0. The number of rotatable bonds is 1. The molecule has 3 unspecified atom stereocenters. The first kappa shape index (κ1) is 9.57. The Morgan fingerprint density at radius 3 is 2.67 bits per heavy atom. The molecule has 0 radical (unpaired) electrons. The predicted molar refractivity (Wildman–Crippen MR) is 55.0 cm³/mol. The molecule has 0 spiro atoms. The molecule has 0 aromatic carbocycles. The highest BCUT2D eigenvalue weighted by Gasteiger charge is 2.29. The van der Waals surface area contributed by atoms with Gasteiger partial charge in [-0.15, -0.1) is 0 Å². The molecule has 0 nitrogen and oxygen atoms in total. The van der Waals surface area contributed by atoms with Gasteiger partial charge in [-0.05, 0) is 37.0 Å². The van der Waals surface area contributed by atoms with E-state index in [-0.39, 0.29) is 7.43 Å². The van der Waals surface area contributed by atoms with Gasteiger partial charge in [0.25, 0.3) is 0 Å². The lowest BCUT2D eigenvalue weighted by Gasteiger charge is -2.28. The van der Waals surface area contributed by atoms with Gasteiger partial charge in [-0.1, -0.05) is 38.7 Å². The molecule has 2 aliphatic rings. The largest absolute Gasteiger partial charge is 0.0879 e. The molecule has 2 rings (SSSR count). The summed E-state index contributed by atoms with van der Waals surface area (Å²) in [7, 11) is 0. The summed E-state index contributed by atoms with van der Waals surface area (Å²) < 4.78 is 0. The minimum absolute atomic E-state index is 0. The molecule has 0 saturated carbocycles. The van der Waals surface area contributed by atoms with Crippen LogP contribution in [-0.4, -0.2) is 0 Å². The van der Waals surface area contributed by atoms with E-state index >= 15 is 0 Å². The molecular formula is C12H20. The average molecular weight is 164 g/mol. The summed E-state index contributed by atoms with van der Waals surface area (Å²) in [6.45, 7) is 2.30. The second kappa shape index (κ2) is 3.93. The van der Waals surface area contributed by atoms with Crippen molar-refractivity contribution in [2.45, 2.75) is 33.6 Å². The monoisotopic (exact) mass is 164 g/mol. The first-order valence-corrected chi connectivity index (χ1v) is 4.75. The van der Waals surface area contributed by atoms with Crippen LogP contribution in [0.2, 0.25) is 0 Å². The normalized spacial score (nSPS) is 37.6. The summed E-state index contributed by atoms with van der Waals surface area (Å²) >= 11 is 0. The zero-order valence-corrected chi connectivity index (χ0v) is 7.16. The Hall–Kier alpha value is -0.520.